The molecule has 0 bridgehead atoms. The molecule has 0 aromatic heterocycles. The Labute approximate surface area is 168 Å². The molecule has 2 aromatic rings. The first-order chi connectivity index (χ1) is 12.6. The average molecular weight is 537 g/mol. The summed E-state index contributed by atoms with van der Waals surface area (Å²) in [5.74, 6) is 0. The third kappa shape index (κ3) is 5.31. The van der Waals surface area contributed by atoms with Gasteiger partial charge in [0.1, 0.15) is 0 Å². The van der Waals surface area contributed by atoms with Crippen LogP contribution < -0.4 is 0 Å². The minimum absolute atomic E-state index is 0.123. The Hall–Kier alpha value is -1.50. The molecule has 0 heterocycles. The molecule has 11 heteroatoms. The van der Waals surface area contributed by atoms with Crippen molar-refractivity contribution in [3.8, 4) is 0 Å². The summed E-state index contributed by atoms with van der Waals surface area (Å²) in [4.78, 5) is -1.13. The van der Waals surface area contributed by atoms with Gasteiger partial charge in [0.2, 0.25) is 0 Å². The molecule has 0 aliphatic rings. The summed E-state index contributed by atoms with van der Waals surface area (Å²) in [6.07, 6.45) is -10.3. The van der Waals surface area contributed by atoms with E-state index in [2.05, 4.69) is 2.55 Å². The van der Waals surface area contributed by atoms with E-state index in [4.69, 9.17) is 0 Å². The molecule has 0 atom stereocenters. The van der Waals surface area contributed by atoms with E-state index in [-0.39, 0.29) is 18.2 Å². The smallest absolute Gasteiger partial charge is 0.199 e. The number of benzene rings is 2. The highest BCUT2D eigenvalue weighted by molar-refractivity contribution is 14.2. The molecular weight excluding hydrogens is 523 g/mol. The van der Waals surface area contributed by atoms with Crippen LogP contribution in [-0.2, 0) is 22.4 Å². The van der Waals surface area contributed by atoms with Crippen molar-refractivity contribution >= 4 is 31.1 Å². The Kier molecular flexibility index (Phi) is 6.29. The lowest BCUT2D eigenvalue weighted by molar-refractivity contribution is -0.143. The summed E-state index contributed by atoms with van der Waals surface area (Å²) < 4.78 is 107. The number of aryl methyl sites for hydroxylation is 3. The number of hydrogen-bond acceptors (Lipinski definition) is 2. The maximum Gasteiger partial charge on any atom is 0.416 e. The van der Waals surface area contributed by atoms with Crippen LogP contribution in [0.4, 0.5) is 26.3 Å². The summed E-state index contributed by atoms with van der Waals surface area (Å²) in [5.41, 5.74) is -0.916. The first-order valence-electron chi connectivity index (χ1n) is 7.60. The van der Waals surface area contributed by atoms with Crippen LogP contribution in [0.15, 0.2) is 37.8 Å². The lowest BCUT2D eigenvalue weighted by atomic mass is 10.1. The second-order valence-electron chi connectivity index (χ2n) is 6.08. The average Bonchev–Trinajstić information content (AvgIpc) is 2.51. The molecule has 2 aromatic carbocycles. The summed E-state index contributed by atoms with van der Waals surface area (Å²) in [5, 5.41) is 0. The Morgan fingerprint density at radius 1 is 0.786 bits per heavy atom. The topological polar surface area (TPSA) is 46.5 Å². The molecular formula is C17H14F6INO2S. The van der Waals surface area contributed by atoms with E-state index in [1.807, 2.05) is 6.92 Å². The monoisotopic (exact) mass is 537 g/mol. The van der Waals surface area contributed by atoms with E-state index in [1.54, 1.807) is 26.0 Å². The van der Waals surface area contributed by atoms with Gasteiger partial charge in [-0.05, 0) is 50.1 Å². The predicted molar refractivity (Wildman–Crippen MR) is 99.4 cm³/mol. The van der Waals surface area contributed by atoms with Crippen LogP contribution in [0.3, 0.4) is 0 Å². The number of alkyl halides is 6. The van der Waals surface area contributed by atoms with Crippen molar-refractivity contribution in [3.63, 3.8) is 0 Å². The zero-order valence-electron chi connectivity index (χ0n) is 14.7. The van der Waals surface area contributed by atoms with Gasteiger partial charge in [-0.15, -0.1) is 2.55 Å². The van der Waals surface area contributed by atoms with Crippen LogP contribution >= 0.6 is 21.0 Å². The van der Waals surface area contributed by atoms with Crippen molar-refractivity contribution in [2.24, 2.45) is 2.55 Å². The first-order valence-corrected chi connectivity index (χ1v) is 11.1. The minimum atomic E-state index is -5.13. The largest absolute Gasteiger partial charge is 0.416 e. The summed E-state index contributed by atoms with van der Waals surface area (Å²) in [7, 11) is -4.69. The Morgan fingerprint density at radius 3 is 1.61 bits per heavy atom. The summed E-state index contributed by atoms with van der Waals surface area (Å²) in [6, 6.07) is 3.83. The van der Waals surface area contributed by atoms with Crippen molar-refractivity contribution < 1.29 is 34.8 Å². The van der Waals surface area contributed by atoms with Crippen LogP contribution in [0.25, 0.3) is 0 Å². The SMILES string of the molecule is Cc1cc(C)c(/I=N/S(=O)(=O)c2cc(C(F)(F)F)cc(C(F)(F)F)c2)c(C)c1. The van der Waals surface area contributed by atoms with Gasteiger partial charge < -0.3 is 0 Å². The maximum atomic E-state index is 12.9. The van der Waals surface area contributed by atoms with E-state index in [9.17, 15) is 34.8 Å². The van der Waals surface area contributed by atoms with Crippen molar-refractivity contribution in [2.75, 3.05) is 0 Å². The van der Waals surface area contributed by atoms with Crippen LogP contribution in [0.5, 0.6) is 0 Å². The van der Waals surface area contributed by atoms with Gasteiger partial charge in [0.15, 0.2) is 0 Å². The van der Waals surface area contributed by atoms with Gasteiger partial charge in [-0.3, -0.25) is 0 Å². The third-order valence-electron chi connectivity index (χ3n) is 3.65. The normalized spacial score (nSPS) is 13.6. The molecule has 0 unspecified atom stereocenters. The molecule has 0 saturated carbocycles. The van der Waals surface area contributed by atoms with Crippen LogP contribution in [0, 0.1) is 24.3 Å². The standard InChI is InChI=1S/C17H14F6INO2S/c1-9-4-10(2)15(11(3)5-9)24-25-28(26,27)14-7-12(16(18,19)20)6-13(8-14)17(21,22)23/h4-8H,1-3H3. The van der Waals surface area contributed by atoms with E-state index in [0.717, 1.165) is 16.7 Å². The molecule has 0 aliphatic carbocycles. The van der Waals surface area contributed by atoms with E-state index < -0.39 is 59.4 Å². The van der Waals surface area contributed by atoms with Gasteiger partial charge in [-0.25, -0.2) is 0 Å². The molecule has 0 amide bonds. The lowest BCUT2D eigenvalue weighted by Crippen LogP contribution is -2.12. The Bertz CT molecular complexity index is 987. The highest BCUT2D eigenvalue weighted by Crippen LogP contribution is 2.38. The number of rotatable bonds is 3. The zero-order chi connectivity index (χ0) is 21.5. The Balaban J connectivity index is 2.60. The van der Waals surface area contributed by atoms with Crippen LogP contribution in [-0.4, -0.2) is 8.42 Å². The van der Waals surface area contributed by atoms with Gasteiger partial charge in [0.25, 0.3) is 10.0 Å². The van der Waals surface area contributed by atoms with E-state index in [1.165, 1.54) is 0 Å². The third-order valence-corrected chi connectivity index (χ3v) is 9.06. The molecule has 0 fully saturated rings. The van der Waals surface area contributed by atoms with Gasteiger partial charge in [0.05, 0.1) is 16.0 Å². The van der Waals surface area contributed by atoms with E-state index >= 15 is 0 Å². The van der Waals surface area contributed by atoms with Gasteiger partial charge >= 0.3 is 12.4 Å². The van der Waals surface area contributed by atoms with Crippen molar-refractivity contribution in [1.29, 1.82) is 0 Å². The summed E-state index contributed by atoms with van der Waals surface area (Å²) >= 11 is -1.55. The molecule has 0 spiro atoms. The fraction of sp³-hybridized carbons (Fsp3) is 0.294. The second kappa shape index (κ2) is 7.73. The molecule has 28 heavy (non-hydrogen) atoms. The molecule has 154 valence electrons. The second-order valence-corrected chi connectivity index (χ2v) is 10.4. The maximum absolute atomic E-state index is 12.9. The Morgan fingerprint density at radius 2 is 1.21 bits per heavy atom. The van der Waals surface area contributed by atoms with E-state index in [0.29, 0.717) is 3.57 Å². The highest BCUT2D eigenvalue weighted by atomic mass is 127. The number of halogens is 7. The van der Waals surface area contributed by atoms with Crippen molar-refractivity contribution in [2.45, 2.75) is 38.0 Å². The molecule has 0 aliphatic heterocycles. The predicted octanol–water partition coefficient (Wildman–Crippen LogP) is 6.36. The highest BCUT2D eigenvalue weighted by Gasteiger charge is 2.38. The number of sulfonamides is 1. The molecule has 0 N–H and O–H groups in total. The van der Waals surface area contributed by atoms with Gasteiger partial charge in [-0.2, -0.15) is 34.8 Å². The zero-order valence-corrected chi connectivity index (χ0v) is 17.7. The summed E-state index contributed by atoms with van der Waals surface area (Å²) in [6.45, 7) is 5.32. The number of nitrogens with zero attached hydrogens (tertiary/aromatic N) is 1. The van der Waals surface area contributed by atoms with Crippen molar-refractivity contribution in [1.82, 2.24) is 0 Å². The van der Waals surface area contributed by atoms with Crippen LogP contribution in [0.1, 0.15) is 27.8 Å². The van der Waals surface area contributed by atoms with Gasteiger partial charge in [0, 0.05) is 24.6 Å². The minimum Gasteiger partial charge on any atom is -0.199 e. The van der Waals surface area contributed by atoms with Crippen molar-refractivity contribution in [3.05, 3.63) is 61.7 Å². The lowest BCUT2D eigenvalue weighted by Gasteiger charge is -2.13. The fourth-order valence-corrected chi connectivity index (χ4v) is 6.41. The number of hydrogen-bond donors (Lipinski definition) is 0. The quantitative estimate of drug-likeness (QED) is 0.338. The molecule has 0 saturated heterocycles. The molecule has 0 radical (unpaired) electrons. The molecule has 2 rings (SSSR count). The molecule has 3 nitrogen and oxygen atoms in total. The fourth-order valence-electron chi connectivity index (χ4n) is 2.49. The first kappa shape index (κ1) is 22.8. The van der Waals surface area contributed by atoms with Gasteiger partial charge in [-0.1, -0.05) is 17.7 Å². The van der Waals surface area contributed by atoms with Crippen LogP contribution in [0.2, 0.25) is 0 Å².